The molecule has 0 aliphatic carbocycles. The highest BCUT2D eigenvalue weighted by atomic mass is 16.6. The largest absolute Gasteiger partial charge is 0.467 e. The van der Waals surface area contributed by atoms with Gasteiger partial charge in [0, 0.05) is 12.5 Å². The highest BCUT2D eigenvalue weighted by Crippen LogP contribution is 2.34. The van der Waals surface area contributed by atoms with E-state index in [2.05, 4.69) is 4.74 Å². The van der Waals surface area contributed by atoms with E-state index in [-0.39, 0.29) is 12.8 Å². The Labute approximate surface area is 134 Å². The molecule has 1 heterocycles. The lowest BCUT2D eigenvalue weighted by molar-refractivity contribution is -0.153. The molecule has 1 fully saturated rings. The fourth-order valence-electron chi connectivity index (χ4n) is 2.19. The van der Waals surface area contributed by atoms with Crippen LogP contribution in [0.25, 0.3) is 0 Å². The Morgan fingerprint density at radius 2 is 1.78 bits per heavy atom. The van der Waals surface area contributed by atoms with Crippen molar-refractivity contribution >= 4 is 23.9 Å². The number of carbonyl (C=O) groups is 4. The Kier molecular flexibility index (Phi) is 5.52. The van der Waals surface area contributed by atoms with Crippen molar-refractivity contribution in [2.75, 3.05) is 14.2 Å². The van der Waals surface area contributed by atoms with Crippen LogP contribution in [0.3, 0.4) is 0 Å². The molecule has 8 heteroatoms. The van der Waals surface area contributed by atoms with Gasteiger partial charge in [0.2, 0.25) is 5.91 Å². The van der Waals surface area contributed by atoms with Crippen LogP contribution in [0.15, 0.2) is 12.2 Å². The highest BCUT2D eigenvalue weighted by molar-refractivity contribution is 6.03. The summed E-state index contributed by atoms with van der Waals surface area (Å²) in [6, 6.07) is 0. The van der Waals surface area contributed by atoms with Crippen molar-refractivity contribution in [3.05, 3.63) is 12.2 Å². The number of likely N-dealkylation sites (tertiary alicyclic amines) is 1. The van der Waals surface area contributed by atoms with E-state index >= 15 is 0 Å². The van der Waals surface area contributed by atoms with Crippen LogP contribution in [-0.2, 0) is 28.6 Å². The molecule has 0 spiro atoms. The first kappa shape index (κ1) is 18.7. The smallest absolute Gasteiger partial charge is 0.418 e. The fourth-order valence-corrected chi connectivity index (χ4v) is 2.19. The molecule has 128 valence electrons. The normalized spacial score (nSPS) is 21.4. The average molecular weight is 327 g/mol. The van der Waals surface area contributed by atoms with Crippen molar-refractivity contribution in [3.8, 4) is 0 Å². The Morgan fingerprint density at radius 3 is 2.26 bits per heavy atom. The summed E-state index contributed by atoms with van der Waals surface area (Å²) in [5.74, 6) is -2.15. The van der Waals surface area contributed by atoms with Gasteiger partial charge in [-0.1, -0.05) is 0 Å². The summed E-state index contributed by atoms with van der Waals surface area (Å²) in [7, 11) is 2.30. The summed E-state index contributed by atoms with van der Waals surface area (Å²) >= 11 is 0. The molecular formula is C15H21NO7. The molecule has 0 saturated carbocycles. The van der Waals surface area contributed by atoms with Gasteiger partial charge in [0.1, 0.15) is 5.60 Å². The van der Waals surface area contributed by atoms with E-state index in [0.717, 1.165) is 19.3 Å². The molecule has 0 unspecified atom stereocenters. The van der Waals surface area contributed by atoms with Gasteiger partial charge in [0.25, 0.3) is 0 Å². The number of imide groups is 1. The summed E-state index contributed by atoms with van der Waals surface area (Å²) in [5.41, 5.74) is -2.57. The topological polar surface area (TPSA) is 99.2 Å². The van der Waals surface area contributed by atoms with Gasteiger partial charge in [-0.25, -0.2) is 19.3 Å². The Bertz CT molecular complexity index is 547. The van der Waals surface area contributed by atoms with Gasteiger partial charge in [-0.05, 0) is 33.3 Å². The summed E-state index contributed by atoms with van der Waals surface area (Å²) in [6.45, 7) is 4.90. The van der Waals surface area contributed by atoms with E-state index in [0.29, 0.717) is 4.90 Å². The Morgan fingerprint density at radius 1 is 1.17 bits per heavy atom. The lowest BCUT2D eigenvalue weighted by Gasteiger charge is -2.33. The molecule has 0 aromatic heterocycles. The van der Waals surface area contributed by atoms with Gasteiger partial charge < -0.3 is 14.2 Å². The predicted molar refractivity (Wildman–Crippen MR) is 78.2 cm³/mol. The number of hydrogen-bond acceptors (Lipinski definition) is 7. The van der Waals surface area contributed by atoms with E-state index in [9.17, 15) is 19.2 Å². The van der Waals surface area contributed by atoms with E-state index in [4.69, 9.17) is 9.47 Å². The fraction of sp³-hybridized carbons (Fsp3) is 0.600. The number of methoxy groups -OCH3 is 2. The number of esters is 2. The molecule has 1 rings (SSSR count). The Hall–Kier alpha value is -2.38. The van der Waals surface area contributed by atoms with Crippen molar-refractivity contribution in [2.24, 2.45) is 0 Å². The van der Waals surface area contributed by atoms with Crippen LogP contribution in [0.5, 0.6) is 0 Å². The van der Waals surface area contributed by atoms with Gasteiger partial charge in [-0.15, -0.1) is 0 Å². The second kappa shape index (κ2) is 6.80. The van der Waals surface area contributed by atoms with Crippen LogP contribution in [0.2, 0.25) is 0 Å². The minimum absolute atomic E-state index is 0.00869. The number of carbonyl (C=O) groups excluding carboxylic acids is 4. The summed E-state index contributed by atoms with van der Waals surface area (Å²) < 4.78 is 14.4. The second-order valence-electron chi connectivity index (χ2n) is 5.98. The highest BCUT2D eigenvalue weighted by Gasteiger charge is 2.55. The number of ether oxygens (including phenoxy) is 3. The molecule has 0 N–H and O–H groups in total. The van der Waals surface area contributed by atoms with Crippen molar-refractivity contribution in [1.82, 2.24) is 4.90 Å². The Balaban J connectivity index is 3.28. The lowest BCUT2D eigenvalue weighted by Crippen LogP contribution is -2.55. The molecule has 0 aromatic carbocycles. The maximum absolute atomic E-state index is 12.3. The van der Waals surface area contributed by atoms with Crippen LogP contribution < -0.4 is 0 Å². The van der Waals surface area contributed by atoms with Gasteiger partial charge in [0.05, 0.1) is 14.2 Å². The van der Waals surface area contributed by atoms with Crippen LogP contribution in [0, 0.1) is 0 Å². The molecule has 0 bridgehead atoms. The molecular weight excluding hydrogens is 306 g/mol. The van der Waals surface area contributed by atoms with Crippen LogP contribution in [-0.4, -0.2) is 54.2 Å². The number of amides is 2. The van der Waals surface area contributed by atoms with E-state index < -0.39 is 35.1 Å². The first-order chi connectivity index (χ1) is 10.6. The van der Waals surface area contributed by atoms with E-state index in [1.54, 1.807) is 20.8 Å². The first-order valence-electron chi connectivity index (χ1n) is 6.99. The molecule has 23 heavy (non-hydrogen) atoms. The molecule has 8 nitrogen and oxygen atoms in total. The summed E-state index contributed by atoms with van der Waals surface area (Å²) in [6.07, 6.45) is 1.08. The number of hydrogen-bond donors (Lipinski definition) is 0. The molecule has 1 aliphatic heterocycles. The zero-order valence-electron chi connectivity index (χ0n) is 13.9. The molecule has 1 aliphatic rings. The zero-order valence-corrected chi connectivity index (χ0v) is 13.9. The average Bonchev–Trinajstić information content (AvgIpc) is 2.80. The van der Waals surface area contributed by atoms with Gasteiger partial charge in [-0.3, -0.25) is 4.79 Å². The van der Waals surface area contributed by atoms with Crippen LogP contribution in [0.4, 0.5) is 4.79 Å². The third-order valence-corrected chi connectivity index (χ3v) is 3.18. The lowest BCUT2D eigenvalue weighted by atomic mass is 9.95. The van der Waals surface area contributed by atoms with Crippen molar-refractivity contribution in [2.45, 2.75) is 44.8 Å². The zero-order chi connectivity index (χ0) is 17.8. The van der Waals surface area contributed by atoms with Crippen molar-refractivity contribution in [1.29, 1.82) is 0 Å². The van der Waals surface area contributed by atoms with Crippen LogP contribution >= 0.6 is 0 Å². The monoisotopic (exact) mass is 327 g/mol. The maximum Gasteiger partial charge on any atom is 0.418 e. The van der Waals surface area contributed by atoms with Gasteiger partial charge >= 0.3 is 18.0 Å². The minimum atomic E-state index is -1.72. The van der Waals surface area contributed by atoms with Crippen molar-refractivity contribution < 1.29 is 33.4 Å². The van der Waals surface area contributed by atoms with Gasteiger partial charge in [-0.2, -0.15) is 0 Å². The molecule has 1 saturated heterocycles. The first-order valence-corrected chi connectivity index (χ1v) is 6.99. The quantitative estimate of drug-likeness (QED) is 0.436. The molecule has 0 radical (unpaired) electrons. The molecule has 0 aromatic rings. The number of rotatable bonds is 3. The standard InChI is InChI=1S/C15H21NO7/c1-14(2,3)23-13(20)16-10(17)6-8-15(16,12(19)22-5)9-7-11(18)21-4/h7,9H,6,8H2,1-5H3/b9-7+/t15-/m1/s1. The maximum atomic E-state index is 12.3. The third kappa shape index (κ3) is 4.08. The minimum Gasteiger partial charge on any atom is -0.467 e. The number of nitrogens with zero attached hydrogens (tertiary/aromatic N) is 1. The SMILES string of the molecule is COC(=O)/C=C/[C@@]1(C(=O)OC)CCC(=O)N1C(=O)OC(C)(C)C. The van der Waals surface area contributed by atoms with E-state index in [1.165, 1.54) is 7.11 Å². The molecule has 1 atom stereocenters. The third-order valence-electron chi connectivity index (χ3n) is 3.18. The van der Waals surface area contributed by atoms with Gasteiger partial charge in [0.15, 0.2) is 5.54 Å². The predicted octanol–water partition coefficient (Wildman–Crippen LogP) is 1.18. The summed E-state index contributed by atoms with van der Waals surface area (Å²) in [5, 5.41) is 0. The molecule has 2 amide bonds. The van der Waals surface area contributed by atoms with E-state index in [1.807, 2.05) is 0 Å². The van der Waals surface area contributed by atoms with Crippen molar-refractivity contribution in [3.63, 3.8) is 0 Å². The second-order valence-corrected chi connectivity index (χ2v) is 5.98. The summed E-state index contributed by atoms with van der Waals surface area (Å²) in [4.78, 5) is 48.7. The van der Waals surface area contributed by atoms with Crippen LogP contribution in [0.1, 0.15) is 33.6 Å².